The first kappa shape index (κ1) is 10.3. The number of ether oxygens (including phenoxy) is 1. The van der Waals surface area contributed by atoms with E-state index in [0.29, 0.717) is 6.29 Å². The van der Waals surface area contributed by atoms with E-state index in [2.05, 4.69) is 4.74 Å². The summed E-state index contributed by atoms with van der Waals surface area (Å²) in [6.45, 7) is 0. The highest BCUT2D eigenvalue weighted by Crippen LogP contribution is 2.13. The van der Waals surface area contributed by atoms with Crippen molar-refractivity contribution in [1.29, 1.82) is 0 Å². The molecule has 0 atom stereocenters. The lowest BCUT2D eigenvalue weighted by atomic mass is 9.91. The van der Waals surface area contributed by atoms with Crippen molar-refractivity contribution < 1.29 is 19.4 Å². The molecule has 0 aliphatic carbocycles. The van der Waals surface area contributed by atoms with Gasteiger partial charge in [-0.2, -0.15) is 0 Å². The minimum absolute atomic E-state index is 0.0324. The van der Waals surface area contributed by atoms with Crippen LogP contribution < -0.4 is 5.46 Å². The van der Waals surface area contributed by atoms with Crippen molar-refractivity contribution in [2.75, 3.05) is 7.11 Å². The molecule has 1 N–H and O–H groups in total. The van der Waals surface area contributed by atoms with E-state index in [9.17, 15) is 14.7 Å². The Hall–Kier alpha value is -1.78. The Morgan fingerprint density at radius 3 is 2.71 bits per heavy atom. The van der Waals surface area contributed by atoms with Gasteiger partial charge in [0.05, 0.1) is 18.2 Å². The van der Waals surface area contributed by atoms with Crippen LogP contribution in [0.5, 0.6) is 5.75 Å². The molecule has 1 rings (SSSR count). The number of carbonyl (C=O) groups excluding carboxylic acids is 2. The molecule has 0 aliphatic rings. The van der Waals surface area contributed by atoms with E-state index in [1.54, 1.807) is 0 Å². The lowest BCUT2D eigenvalue weighted by Crippen LogP contribution is -2.11. The van der Waals surface area contributed by atoms with Gasteiger partial charge in [-0.1, -0.05) is 11.5 Å². The molecule has 2 radical (unpaired) electrons. The molecule has 5 heteroatoms. The number of carbonyl (C=O) groups is 2. The van der Waals surface area contributed by atoms with E-state index < -0.39 is 5.97 Å². The van der Waals surface area contributed by atoms with E-state index in [1.807, 2.05) is 0 Å². The first-order chi connectivity index (χ1) is 6.60. The second-order valence-electron chi connectivity index (χ2n) is 2.61. The molecular formula is C9H7BO4. The van der Waals surface area contributed by atoms with Crippen molar-refractivity contribution in [1.82, 2.24) is 0 Å². The molecule has 0 aliphatic heterocycles. The number of benzene rings is 1. The van der Waals surface area contributed by atoms with Gasteiger partial charge in [-0.05, 0) is 6.07 Å². The lowest BCUT2D eigenvalue weighted by molar-refractivity contribution is 0.0601. The highest BCUT2D eigenvalue weighted by atomic mass is 16.5. The predicted molar refractivity (Wildman–Crippen MR) is 50.2 cm³/mol. The molecule has 0 spiro atoms. The molecule has 0 bridgehead atoms. The van der Waals surface area contributed by atoms with E-state index in [4.69, 9.17) is 7.85 Å². The number of aromatic hydroxyl groups is 1. The Labute approximate surface area is 81.9 Å². The molecule has 14 heavy (non-hydrogen) atoms. The van der Waals surface area contributed by atoms with Gasteiger partial charge in [0.15, 0.2) is 6.29 Å². The van der Waals surface area contributed by atoms with Gasteiger partial charge in [0.2, 0.25) is 0 Å². The van der Waals surface area contributed by atoms with Crippen molar-refractivity contribution in [3.05, 3.63) is 23.3 Å². The minimum Gasteiger partial charge on any atom is -0.508 e. The van der Waals surface area contributed by atoms with Crippen molar-refractivity contribution >= 4 is 25.6 Å². The fraction of sp³-hybridized carbons (Fsp3) is 0.111. The second kappa shape index (κ2) is 3.96. The summed E-state index contributed by atoms with van der Waals surface area (Å²) in [6.07, 6.45) is 0.415. The van der Waals surface area contributed by atoms with E-state index in [-0.39, 0.29) is 22.3 Å². The maximum atomic E-state index is 11.1. The summed E-state index contributed by atoms with van der Waals surface area (Å²) in [5, 5.41) is 9.27. The van der Waals surface area contributed by atoms with Gasteiger partial charge in [0, 0.05) is 0 Å². The molecule has 0 aromatic heterocycles. The van der Waals surface area contributed by atoms with E-state index >= 15 is 0 Å². The number of aldehydes is 1. The van der Waals surface area contributed by atoms with Crippen molar-refractivity contribution in [3.63, 3.8) is 0 Å². The fourth-order valence-corrected chi connectivity index (χ4v) is 1.01. The fourth-order valence-electron chi connectivity index (χ4n) is 1.01. The Kier molecular flexibility index (Phi) is 2.91. The smallest absolute Gasteiger partial charge is 0.337 e. The van der Waals surface area contributed by atoms with Crippen LogP contribution >= 0.6 is 0 Å². The highest BCUT2D eigenvalue weighted by molar-refractivity contribution is 6.35. The Bertz CT molecular complexity index is 387. The average molecular weight is 190 g/mol. The molecule has 4 nitrogen and oxygen atoms in total. The quantitative estimate of drug-likeness (QED) is 0.398. The molecule has 70 valence electrons. The lowest BCUT2D eigenvalue weighted by Gasteiger charge is -2.05. The van der Waals surface area contributed by atoms with Gasteiger partial charge in [-0.3, -0.25) is 4.79 Å². The first-order valence-corrected chi connectivity index (χ1v) is 3.76. The molecule has 0 unspecified atom stereocenters. The molecule has 0 saturated heterocycles. The van der Waals surface area contributed by atoms with E-state index in [0.717, 1.165) is 0 Å². The van der Waals surface area contributed by atoms with Gasteiger partial charge in [-0.25, -0.2) is 4.79 Å². The predicted octanol–water partition coefficient (Wildman–Crippen LogP) is -0.215. The van der Waals surface area contributed by atoms with Crippen LogP contribution in [0.1, 0.15) is 20.7 Å². The number of esters is 1. The molecule has 1 aromatic rings. The first-order valence-electron chi connectivity index (χ1n) is 3.76. The number of phenols is 1. The molecule has 0 amide bonds. The summed E-state index contributed by atoms with van der Waals surface area (Å²) in [4.78, 5) is 21.5. The van der Waals surface area contributed by atoms with Crippen molar-refractivity contribution in [3.8, 4) is 5.75 Å². The third-order valence-electron chi connectivity index (χ3n) is 1.72. The summed E-state index contributed by atoms with van der Waals surface area (Å²) in [5.74, 6) is -0.938. The molecular weight excluding hydrogens is 183 g/mol. The van der Waals surface area contributed by atoms with Gasteiger partial charge in [-0.15, -0.1) is 0 Å². The normalized spacial score (nSPS) is 9.50. The zero-order chi connectivity index (χ0) is 10.7. The standard InChI is InChI=1S/C9H7BO4/c1-14-9(13)5-2-6(4-11)8(12)7(10)3-5/h2-4,12H,1H3. The third kappa shape index (κ3) is 1.76. The summed E-state index contributed by atoms with van der Waals surface area (Å²) in [5.41, 5.74) is 0.0605. The van der Waals surface area contributed by atoms with E-state index in [1.165, 1.54) is 19.2 Å². The molecule has 0 saturated carbocycles. The van der Waals surface area contributed by atoms with Crippen molar-refractivity contribution in [2.24, 2.45) is 0 Å². The summed E-state index contributed by atoms with van der Waals surface area (Å²) < 4.78 is 4.44. The van der Waals surface area contributed by atoms with Gasteiger partial charge in [0.25, 0.3) is 0 Å². The summed E-state index contributed by atoms with van der Waals surface area (Å²) in [6, 6.07) is 2.46. The maximum Gasteiger partial charge on any atom is 0.337 e. The van der Waals surface area contributed by atoms with Crippen LogP contribution in [-0.2, 0) is 4.74 Å². The zero-order valence-electron chi connectivity index (χ0n) is 7.48. The maximum absolute atomic E-state index is 11.1. The number of hydrogen-bond donors (Lipinski definition) is 1. The van der Waals surface area contributed by atoms with Gasteiger partial charge in [0.1, 0.15) is 13.6 Å². The Balaban J connectivity index is 3.29. The van der Waals surface area contributed by atoms with Crippen LogP contribution in [0, 0.1) is 0 Å². The minimum atomic E-state index is -0.611. The topological polar surface area (TPSA) is 63.6 Å². The van der Waals surface area contributed by atoms with Gasteiger partial charge < -0.3 is 9.84 Å². The second-order valence-corrected chi connectivity index (χ2v) is 2.61. The van der Waals surface area contributed by atoms with Crippen LogP contribution in [0.3, 0.4) is 0 Å². The Morgan fingerprint density at radius 1 is 1.57 bits per heavy atom. The van der Waals surface area contributed by atoms with Crippen LogP contribution in [0.4, 0.5) is 0 Å². The van der Waals surface area contributed by atoms with Crippen LogP contribution in [0.2, 0.25) is 0 Å². The van der Waals surface area contributed by atoms with Crippen LogP contribution in [0.15, 0.2) is 12.1 Å². The Morgan fingerprint density at radius 2 is 2.21 bits per heavy atom. The van der Waals surface area contributed by atoms with Gasteiger partial charge >= 0.3 is 5.97 Å². The van der Waals surface area contributed by atoms with Crippen LogP contribution in [0.25, 0.3) is 0 Å². The number of methoxy groups -OCH3 is 1. The summed E-state index contributed by atoms with van der Waals surface area (Å²) >= 11 is 0. The highest BCUT2D eigenvalue weighted by Gasteiger charge is 2.11. The number of hydrogen-bond acceptors (Lipinski definition) is 4. The average Bonchev–Trinajstić information content (AvgIpc) is 2.20. The third-order valence-corrected chi connectivity index (χ3v) is 1.72. The number of phenolic OH excluding ortho intramolecular Hbond substituents is 1. The molecule has 1 aromatic carbocycles. The van der Waals surface area contributed by atoms with Crippen molar-refractivity contribution in [2.45, 2.75) is 0 Å². The zero-order valence-corrected chi connectivity index (χ0v) is 7.48. The van der Waals surface area contributed by atoms with Crippen LogP contribution in [-0.4, -0.2) is 32.3 Å². The monoisotopic (exact) mass is 190 g/mol. The molecule has 0 fully saturated rings. The summed E-state index contributed by atoms with van der Waals surface area (Å²) in [7, 11) is 6.59. The largest absolute Gasteiger partial charge is 0.508 e. The SMILES string of the molecule is [B]c1cc(C(=O)OC)cc(C=O)c1O. The molecule has 0 heterocycles. The number of rotatable bonds is 2.